The number of terminal acetylenes is 1. The Labute approximate surface area is 107 Å². The summed E-state index contributed by atoms with van der Waals surface area (Å²) in [7, 11) is 0. The zero-order valence-corrected chi connectivity index (χ0v) is 10.3. The van der Waals surface area contributed by atoms with Crippen LogP contribution in [0.5, 0.6) is 0 Å². The summed E-state index contributed by atoms with van der Waals surface area (Å²) in [4.78, 5) is 11.3. The highest BCUT2D eigenvalue weighted by atomic mass is 35.5. The van der Waals surface area contributed by atoms with E-state index in [0.29, 0.717) is 18.1 Å². The molecule has 0 saturated heterocycles. The lowest BCUT2D eigenvalue weighted by Crippen LogP contribution is -2.35. The Hall–Kier alpha value is -1.50. The van der Waals surface area contributed by atoms with Gasteiger partial charge in [-0.2, -0.15) is 0 Å². The predicted molar refractivity (Wildman–Crippen MR) is 69.9 cm³/mol. The van der Waals surface area contributed by atoms with E-state index in [0.717, 1.165) is 12.0 Å². The summed E-state index contributed by atoms with van der Waals surface area (Å²) in [6.45, 7) is 1.25. The monoisotopic (exact) mass is 250 g/mol. The number of halogens is 1. The van der Waals surface area contributed by atoms with E-state index in [1.165, 1.54) is 0 Å². The lowest BCUT2D eigenvalue weighted by Gasteiger charge is -2.05. The SMILES string of the molecule is C#CCNCC(=O)NCCc1cccc(Cl)c1. The van der Waals surface area contributed by atoms with Crippen molar-refractivity contribution in [1.29, 1.82) is 0 Å². The van der Waals surface area contributed by atoms with E-state index in [9.17, 15) is 4.79 Å². The Bertz CT molecular complexity index is 412. The van der Waals surface area contributed by atoms with Crippen LogP contribution in [0.3, 0.4) is 0 Å². The molecule has 90 valence electrons. The molecule has 3 nitrogen and oxygen atoms in total. The minimum atomic E-state index is -0.0534. The highest BCUT2D eigenvalue weighted by Gasteiger charge is 1.99. The van der Waals surface area contributed by atoms with Crippen molar-refractivity contribution in [3.63, 3.8) is 0 Å². The Balaban J connectivity index is 2.19. The quantitative estimate of drug-likeness (QED) is 0.589. The van der Waals surface area contributed by atoms with Crippen molar-refractivity contribution in [2.75, 3.05) is 19.6 Å². The number of rotatable bonds is 6. The third-order valence-corrected chi connectivity index (χ3v) is 2.37. The molecule has 0 aliphatic rings. The van der Waals surface area contributed by atoms with Crippen LogP contribution in [0.4, 0.5) is 0 Å². The molecule has 0 bridgehead atoms. The first-order chi connectivity index (χ1) is 8.22. The van der Waals surface area contributed by atoms with Gasteiger partial charge in [0.2, 0.25) is 5.91 Å². The first kappa shape index (κ1) is 13.6. The van der Waals surface area contributed by atoms with Crippen LogP contribution in [0, 0.1) is 12.3 Å². The van der Waals surface area contributed by atoms with Gasteiger partial charge in [-0.1, -0.05) is 29.7 Å². The molecule has 1 rings (SSSR count). The zero-order valence-electron chi connectivity index (χ0n) is 9.50. The fourth-order valence-corrected chi connectivity index (χ4v) is 1.56. The van der Waals surface area contributed by atoms with Gasteiger partial charge in [0.05, 0.1) is 13.1 Å². The van der Waals surface area contributed by atoms with E-state index in [2.05, 4.69) is 16.6 Å². The Morgan fingerprint density at radius 3 is 3.00 bits per heavy atom. The molecule has 1 aromatic rings. The van der Waals surface area contributed by atoms with Gasteiger partial charge >= 0.3 is 0 Å². The van der Waals surface area contributed by atoms with Gasteiger partial charge in [0, 0.05) is 11.6 Å². The first-order valence-corrected chi connectivity index (χ1v) is 5.75. The fraction of sp³-hybridized carbons (Fsp3) is 0.308. The van der Waals surface area contributed by atoms with Crippen LogP contribution in [0.15, 0.2) is 24.3 Å². The minimum Gasteiger partial charge on any atom is -0.355 e. The normalized spacial score (nSPS) is 9.65. The maximum atomic E-state index is 11.3. The van der Waals surface area contributed by atoms with Gasteiger partial charge in [-0.3, -0.25) is 10.1 Å². The molecule has 0 aliphatic heterocycles. The van der Waals surface area contributed by atoms with E-state index >= 15 is 0 Å². The van der Waals surface area contributed by atoms with Gasteiger partial charge in [0.1, 0.15) is 0 Å². The topological polar surface area (TPSA) is 41.1 Å². The van der Waals surface area contributed by atoms with Crippen LogP contribution in [0.2, 0.25) is 5.02 Å². The molecular formula is C13H15ClN2O. The average Bonchev–Trinajstić information content (AvgIpc) is 2.29. The number of benzene rings is 1. The van der Waals surface area contributed by atoms with Crippen LogP contribution in [0.25, 0.3) is 0 Å². The van der Waals surface area contributed by atoms with Crippen LogP contribution in [0.1, 0.15) is 5.56 Å². The second-order valence-electron chi connectivity index (χ2n) is 3.54. The third kappa shape index (κ3) is 5.96. The molecule has 0 aliphatic carbocycles. The van der Waals surface area contributed by atoms with Crippen molar-refractivity contribution in [3.05, 3.63) is 34.9 Å². The molecule has 17 heavy (non-hydrogen) atoms. The predicted octanol–water partition coefficient (Wildman–Crippen LogP) is 1.22. The van der Waals surface area contributed by atoms with Gasteiger partial charge < -0.3 is 5.32 Å². The highest BCUT2D eigenvalue weighted by molar-refractivity contribution is 6.30. The maximum Gasteiger partial charge on any atom is 0.233 e. The lowest BCUT2D eigenvalue weighted by atomic mass is 10.1. The largest absolute Gasteiger partial charge is 0.355 e. The van der Waals surface area contributed by atoms with Gasteiger partial charge in [-0.15, -0.1) is 6.42 Å². The number of carbonyl (C=O) groups excluding carboxylic acids is 1. The van der Waals surface area contributed by atoms with Crippen molar-refractivity contribution in [1.82, 2.24) is 10.6 Å². The molecular weight excluding hydrogens is 236 g/mol. The molecule has 0 radical (unpaired) electrons. The van der Waals surface area contributed by atoms with E-state index in [1.54, 1.807) is 0 Å². The molecule has 2 N–H and O–H groups in total. The second-order valence-corrected chi connectivity index (χ2v) is 3.97. The van der Waals surface area contributed by atoms with Crippen LogP contribution >= 0.6 is 11.6 Å². The molecule has 0 heterocycles. The number of carbonyl (C=O) groups is 1. The van der Waals surface area contributed by atoms with E-state index < -0.39 is 0 Å². The van der Waals surface area contributed by atoms with Crippen molar-refractivity contribution in [2.24, 2.45) is 0 Å². The van der Waals surface area contributed by atoms with Crippen LogP contribution < -0.4 is 10.6 Å². The van der Waals surface area contributed by atoms with E-state index in [1.807, 2.05) is 24.3 Å². The summed E-state index contributed by atoms with van der Waals surface area (Å²) in [6, 6.07) is 7.60. The van der Waals surface area contributed by atoms with Crippen molar-refractivity contribution in [2.45, 2.75) is 6.42 Å². The molecule has 0 atom stereocenters. The summed E-state index contributed by atoms with van der Waals surface area (Å²) in [6.07, 6.45) is 5.81. The highest BCUT2D eigenvalue weighted by Crippen LogP contribution is 2.10. The maximum absolute atomic E-state index is 11.3. The zero-order chi connectivity index (χ0) is 12.5. The second kappa shape index (κ2) is 7.72. The molecule has 4 heteroatoms. The summed E-state index contributed by atoms with van der Waals surface area (Å²) in [5.41, 5.74) is 1.11. The summed E-state index contributed by atoms with van der Waals surface area (Å²) in [5.74, 6) is 2.35. The standard InChI is InChI=1S/C13H15ClN2O/c1-2-7-15-10-13(17)16-8-6-11-4-3-5-12(14)9-11/h1,3-5,9,15H,6-8,10H2,(H,16,17). The smallest absolute Gasteiger partial charge is 0.233 e. The first-order valence-electron chi connectivity index (χ1n) is 5.37. The van der Waals surface area contributed by atoms with Crippen molar-refractivity contribution < 1.29 is 4.79 Å². The number of hydrogen-bond acceptors (Lipinski definition) is 2. The molecule has 0 fully saturated rings. The third-order valence-electron chi connectivity index (χ3n) is 2.14. The Kier molecular flexibility index (Phi) is 6.16. The summed E-state index contributed by atoms with van der Waals surface area (Å²) >= 11 is 5.85. The summed E-state index contributed by atoms with van der Waals surface area (Å²) < 4.78 is 0. The molecule has 0 unspecified atom stereocenters. The van der Waals surface area contributed by atoms with Gasteiger partial charge in [0.15, 0.2) is 0 Å². The fourth-order valence-electron chi connectivity index (χ4n) is 1.35. The van der Waals surface area contributed by atoms with Crippen molar-refractivity contribution >= 4 is 17.5 Å². The van der Waals surface area contributed by atoms with E-state index in [4.69, 9.17) is 18.0 Å². The van der Waals surface area contributed by atoms with Crippen molar-refractivity contribution in [3.8, 4) is 12.3 Å². The van der Waals surface area contributed by atoms with Gasteiger partial charge in [-0.05, 0) is 24.1 Å². The molecule has 0 saturated carbocycles. The van der Waals surface area contributed by atoms with E-state index in [-0.39, 0.29) is 12.5 Å². The Morgan fingerprint density at radius 1 is 1.47 bits per heavy atom. The number of nitrogens with one attached hydrogen (secondary N) is 2. The number of hydrogen-bond donors (Lipinski definition) is 2. The molecule has 1 aromatic carbocycles. The molecule has 0 aromatic heterocycles. The molecule has 0 spiro atoms. The minimum absolute atomic E-state index is 0.0534. The lowest BCUT2D eigenvalue weighted by molar-refractivity contribution is -0.120. The van der Waals surface area contributed by atoms with Crippen LogP contribution in [-0.2, 0) is 11.2 Å². The Morgan fingerprint density at radius 2 is 2.29 bits per heavy atom. The molecule has 1 amide bonds. The van der Waals surface area contributed by atoms with Crippen LogP contribution in [-0.4, -0.2) is 25.5 Å². The van der Waals surface area contributed by atoms with Gasteiger partial charge in [0.25, 0.3) is 0 Å². The summed E-state index contributed by atoms with van der Waals surface area (Å²) in [5, 5.41) is 6.33. The average molecular weight is 251 g/mol. The number of amides is 1. The van der Waals surface area contributed by atoms with Gasteiger partial charge in [-0.25, -0.2) is 0 Å².